The maximum atomic E-state index is 10.9. The van der Waals surface area contributed by atoms with Gasteiger partial charge in [-0.3, -0.25) is 19.8 Å². The fraction of sp³-hybridized carbons (Fsp3) is 0.308. The molecule has 2 rings (SSSR count). The number of hydrogen-bond donors (Lipinski definition) is 1. The van der Waals surface area contributed by atoms with Crippen LogP contribution < -0.4 is 0 Å². The zero-order valence-corrected chi connectivity index (χ0v) is 12.0. The molecule has 0 spiro atoms. The van der Waals surface area contributed by atoms with Gasteiger partial charge in [-0.15, -0.1) is 0 Å². The van der Waals surface area contributed by atoms with E-state index in [9.17, 15) is 14.9 Å². The van der Waals surface area contributed by atoms with Gasteiger partial charge in [-0.1, -0.05) is 5.16 Å². The van der Waals surface area contributed by atoms with Crippen molar-refractivity contribution in [3.05, 3.63) is 40.3 Å². The summed E-state index contributed by atoms with van der Waals surface area (Å²) in [5, 5.41) is 23.3. The predicted molar refractivity (Wildman–Crippen MR) is 75.0 cm³/mol. The Morgan fingerprint density at radius 1 is 1.45 bits per heavy atom. The highest BCUT2D eigenvalue weighted by Gasteiger charge is 2.19. The van der Waals surface area contributed by atoms with Crippen LogP contribution in [0.3, 0.4) is 0 Å². The summed E-state index contributed by atoms with van der Waals surface area (Å²) in [5.74, 6) is -0.386. The van der Waals surface area contributed by atoms with Crippen molar-refractivity contribution in [3.63, 3.8) is 0 Å². The molecule has 9 nitrogen and oxygen atoms in total. The number of aromatic nitrogens is 2. The quantitative estimate of drug-likeness (QED) is 0.630. The van der Waals surface area contributed by atoms with E-state index in [0.29, 0.717) is 11.4 Å². The number of nitro groups is 1. The number of nitro benzene ring substituents is 1. The number of likely N-dealkylation sites (N-methyl/N-ethyl adjacent to an activating group) is 1. The lowest BCUT2D eigenvalue weighted by molar-refractivity contribution is -0.384. The van der Waals surface area contributed by atoms with Crippen LogP contribution in [-0.2, 0) is 11.3 Å². The molecule has 9 heteroatoms. The second-order valence-corrected chi connectivity index (χ2v) is 4.75. The molecule has 1 unspecified atom stereocenters. The summed E-state index contributed by atoms with van der Waals surface area (Å²) in [5.41, 5.74) is 0.553. The molecule has 2 aromatic rings. The van der Waals surface area contributed by atoms with Crippen LogP contribution in [0.2, 0.25) is 0 Å². The standard InChI is InChI=1S/C13H14N4O5/c1-8(13(18)19)16(2)7-11-14-12(15-22-11)9-3-5-10(6-4-9)17(20)21/h3-6,8H,7H2,1-2H3,(H,18,19). The SMILES string of the molecule is CC(C(=O)O)N(C)Cc1nc(-c2ccc([N+](=O)[O-])cc2)no1. The van der Waals surface area contributed by atoms with E-state index in [1.54, 1.807) is 18.9 Å². The highest BCUT2D eigenvalue weighted by molar-refractivity contribution is 5.72. The fourth-order valence-corrected chi connectivity index (χ4v) is 1.71. The molecule has 1 atom stereocenters. The molecule has 1 aromatic heterocycles. The molecule has 0 fully saturated rings. The topological polar surface area (TPSA) is 123 Å². The second-order valence-electron chi connectivity index (χ2n) is 4.75. The van der Waals surface area contributed by atoms with Crippen LogP contribution in [0.5, 0.6) is 0 Å². The molecular formula is C13H14N4O5. The van der Waals surface area contributed by atoms with Crippen LogP contribution in [0.4, 0.5) is 5.69 Å². The summed E-state index contributed by atoms with van der Waals surface area (Å²) in [6.45, 7) is 1.74. The minimum absolute atomic E-state index is 0.0255. The molecule has 0 aliphatic heterocycles. The summed E-state index contributed by atoms with van der Waals surface area (Å²) < 4.78 is 5.07. The molecule has 22 heavy (non-hydrogen) atoms. The third-order valence-corrected chi connectivity index (χ3v) is 3.21. The van der Waals surface area contributed by atoms with Crippen molar-refractivity contribution >= 4 is 11.7 Å². The maximum absolute atomic E-state index is 10.9. The van der Waals surface area contributed by atoms with Gasteiger partial charge in [0.15, 0.2) is 0 Å². The van der Waals surface area contributed by atoms with Crippen molar-refractivity contribution in [2.24, 2.45) is 0 Å². The zero-order chi connectivity index (χ0) is 16.3. The Morgan fingerprint density at radius 3 is 2.64 bits per heavy atom. The number of nitrogens with zero attached hydrogens (tertiary/aromatic N) is 4. The van der Waals surface area contributed by atoms with Crippen molar-refractivity contribution in [2.75, 3.05) is 7.05 Å². The fourth-order valence-electron chi connectivity index (χ4n) is 1.71. The minimum Gasteiger partial charge on any atom is -0.480 e. The molecule has 0 saturated carbocycles. The van der Waals surface area contributed by atoms with Crippen molar-refractivity contribution in [3.8, 4) is 11.4 Å². The van der Waals surface area contributed by atoms with E-state index in [2.05, 4.69) is 10.1 Å². The Balaban J connectivity index is 2.11. The molecule has 1 N–H and O–H groups in total. The van der Waals surface area contributed by atoms with E-state index >= 15 is 0 Å². The van der Waals surface area contributed by atoms with Crippen molar-refractivity contribution in [1.29, 1.82) is 0 Å². The maximum Gasteiger partial charge on any atom is 0.320 e. The molecule has 0 radical (unpaired) electrons. The number of carboxylic acids is 1. The first-order valence-corrected chi connectivity index (χ1v) is 6.39. The average Bonchev–Trinajstić information content (AvgIpc) is 2.94. The molecular weight excluding hydrogens is 292 g/mol. The van der Waals surface area contributed by atoms with Gasteiger partial charge in [-0.05, 0) is 26.1 Å². The van der Waals surface area contributed by atoms with Gasteiger partial charge >= 0.3 is 5.97 Å². The Hall–Kier alpha value is -2.81. The summed E-state index contributed by atoms with van der Waals surface area (Å²) in [4.78, 5) is 26.7. The van der Waals surface area contributed by atoms with Crippen LogP contribution in [-0.4, -0.2) is 44.1 Å². The first-order chi connectivity index (χ1) is 10.4. The highest BCUT2D eigenvalue weighted by atomic mass is 16.6. The Morgan fingerprint density at radius 2 is 2.09 bits per heavy atom. The van der Waals surface area contributed by atoms with E-state index in [0.717, 1.165) is 0 Å². The van der Waals surface area contributed by atoms with Crippen LogP contribution in [0.25, 0.3) is 11.4 Å². The third-order valence-electron chi connectivity index (χ3n) is 3.21. The number of non-ortho nitro benzene ring substituents is 1. The molecule has 1 aromatic carbocycles. The zero-order valence-electron chi connectivity index (χ0n) is 12.0. The lowest BCUT2D eigenvalue weighted by Crippen LogP contribution is -2.35. The van der Waals surface area contributed by atoms with Gasteiger partial charge in [0, 0.05) is 17.7 Å². The summed E-state index contributed by atoms with van der Waals surface area (Å²) >= 11 is 0. The average molecular weight is 306 g/mol. The Bertz CT molecular complexity index is 682. The highest BCUT2D eigenvalue weighted by Crippen LogP contribution is 2.20. The molecule has 0 bridgehead atoms. The van der Waals surface area contributed by atoms with E-state index in [4.69, 9.17) is 9.63 Å². The number of carbonyl (C=O) groups is 1. The van der Waals surface area contributed by atoms with E-state index in [1.165, 1.54) is 24.3 Å². The minimum atomic E-state index is -0.947. The number of carboxylic acid groups (broad SMARTS) is 1. The van der Waals surface area contributed by atoms with Crippen LogP contribution in [0.1, 0.15) is 12.8 Å². The molecule has 0 amide bonds. The molecule has 0 aliphatic rings. The van der Waals surface area contributed by atoms with Crippen LogP contribution >= 0.6 is 0 Å². The summed E-state index contributed by atoms with van der Waals surface area (Å²) in [6, 6.07) is 5.07. The Labute approximate surface area is 125 Å². The molecule has 116 valence electrons. The number of benzene rings is 1. The lowest BCUT2D eigenvalue weighted by Gasteiger charge is -2.18. The van der Waals surface area contributed by atoms with E-state index in [-0.39, 0.29) is 18.1 Å². The Kier molecular flexibility index (Phi) is 4.47. The number of hydrogen-bond acceptors (Lipinski definition) is 7. The van der Waals surface area contributed by atoms with Gasteiger partial charge in [-0.25, -0.2) is 0 Å². The summed E-state index contributed by atoms with van der Waals surface area (Å²) in [6.07, 6.45) is 0. The number of aliphatic carboxylic acids is 1. The van der Waals surface area contributed by atoms with Gasteiger partial charge in [0.05, 0.1) is 11.5 Å². The smallest absolute Gasteiger partial charge is 0.320 e. The predicted octanol–water partition coefficient (Wildman–Crippen LogP) is 1.55. The first-order valence-electron chi connectivity index (χ1n) is 6.39. The van der Waals surface area contributed by atoms with Gasteiger partial charge in [0.25, 0.3) is 5.69 Å². The van der Waals surface area contributed by atoms with Gasteiger partial charge in [0.1, 0.15) is 6.04 Å². The first kappa shape index (κ1) is 15.6. The van der Waals surface area contributed by atoms with Crippen LogP contribution in [0, 0.1) is 10.1 Å². The van der Waals surface area contributed by atoms with Crippen LogP contribution in [0.15, 0.2) is 28.8 Å². The summed E-state index contributed by atoms with van der Waals surface area (Å²) in [7, 11) is 1.63. The molecule has 1 heterocycles. The van der Waals surface area contributed by atoms with E-state index in [1.807, 2.05) is 0 Å². The molecule has 0 aliphatic carbocycles. The van der Waals surface area contributed by atoms with Gasteiger partial charge in [-0.2, -0.15) is 4.98 Å². The second kappa shape index (κ2) is 6.31. The van der Waals surface area contributed by atoms with Crippen molar-refractivity contribution in [2.45, 2.75) is 19.5 Å². The van der Waals surface area contributed by atoms with E-state index < -0.39 is 16.9 Å². The van der Waals surface area contributed by atoms with Gasteiger partial charge < -0.3 is 9.63 Å². The monoisotopic (exact) mass is 306 g/mol. The van der Waals surface area contributed by atoms with Gasteiger partial charge in [0.2, 0.25) is 11.7 Å². The third kappa shape index (κ3) is 3.44. The number of rotatable bonds is 6. The van der Waals surface area contributed by atoms with Crippen molar-refractivity contribution < 1.29 is 19.3 Å². The largest absolute Gasteiger partial charge is 0.480 e. The van der Waals surface area contributed by atoms with Crippen molar-refractivity contribution in [1.82, 2.24) is 15.0 Å². The lowest BCUT2D eigenvalue weighted by atomic mass is 10.2. The molecule has 0 saturated heterocycles. The normalized spacial score (nSPS) is 12.3.